The van der Waals surface area contributed by atoms with Crippen LogP contribution in [-0.4, -0.2) is 30.1 Å². The second-order valence-electron chi connectivity index (χ2n) is 8.57. The van der Waals surface area contributed by atoms with Gasteiger partial charge in [-0.15, -0.1) is 0 Å². The SMILES string of the molecule is CCCCC[P+](CCCC)(CCCC)C(C)C(=O)Nc1c(C)cc(C#N)cc1C. The van der Waals surface area contributed by atoms with Crippen LogP contribution >= 0.6 is 7.26 Å². The maximum atomic E-state index is 13.4. The van der Waals surface area contributed by atoms with E-state index in [4.69, 9.17) is 0 Å². The van der Waals surface area contributed by atoms with Gasteiger partial charge in [-0.05, 0) is 63.3 Å². The van der Waals surface area contributed by atoms with Gasteiger partial charge in [-0.3, -0.25) is 4.79 Å². The van der Waals surface area contributed by atoms with Crippen LogP contribution in [0.1, 0.15) is 89.3 Å². The van der Waals surface area contributed by atoms with E-state index >= 15 is 0 Å². The van der Waals surface area contributed by atoms with Crippen molar-refractivity contribution in [2.75, 3.05) is 23.8 Å². The number of unbranched alkanes of at least 4 members (excludes halogenated alkanes) is 4. The van der Waals surface area contributed by atoms with Crippen molar-refractivity contribution in [3.05, 3.63) is 28.8 Å². The molecule has 0 spiro atoms. The van der Waals surface area contributed by atoms with Crippen LogP contribution in [0.25, 0.3) is 0 Å². The molecule has 1 aromatic rings. The number of nitrogens with one attached hydrogen (secondary N) is 1. The standard InChI is InChI=1S/C25H41N2OP/c1-7-10-13-16-29(14-11-8-2,15-12-9-3)22(6)25(28)27-24-20(4)17-23(19-26)18-21(24)5/h17-18,22H,7-16H2,1-6H3/p+1. The summed E-state index contributed by atoms with van der Waals surface area (Å²) in [5, 5.41) is 12.4. The van der Waals surface area contributed by atoms with Crippen molar-refractivity contribution in [1.82, 2.24) is 0 Å². The van der Waals surface area contributed by atoms with E-state index in [1.165, 1.54) is 63.4 Å². The molecule has 0 aliphatic carbocycles. The Hall–Kier alpha value is -1.39. The van der Waals surface area contributed by atoms with E-state index in [9.17, 15) is 10.1 Å². The molecule has 162 valence electrons. The predicted octanol–water partition coefficient (Wildman–Crippen LogP) is 7.31. The number of carbonyl (C=O) groups is 1. The molecule has 0 saturated carbocycles. The maximum absolute atomic E-state index is 13.4. The third-order valence-electron chi connectivity index (χ3n) is 6.23. The van der Waals surface area contributed by atoms with Crippen molar-refractivity contribution >= 4 is 18.9 Å². The van der Waals surface area contributed by atoms with Gasteiger partial charge in [-0.2, -0.15) is 5.26 Å². The third kappa shape index (κ3) is 7.42. The first-order valence-corrected chi connectivity index (χ1v) is 13.9. The topological polar surface area (TPSA) is 52.9 Å². The molecule has 1 unspecified atom stereocenters. The Morgan fingerprint density at radius 1 is 0.966 bits per heavy atom. The van der Waals surface area contributed by atoms with Gasteiger partial charge in [-0.25, -0.2) is 0 Å². The Kier molecular flexibility index (Phi) is 11.5. The molecule has 0 aliphatic heterocycles. The Bertz CT molecular complexity index is 662. The number of rotatable bonds is 13. The Morgan fingerprint density at radius 2 is 1.45 bits per heavy atom. The largest absolute Gasteiger partial charge is 0.322 e. The van der Waals surface area contributed by atoms with E-state index in [-0.39, 0.29) is 11.6 Å². The minimum Gasteiger partial charge on any atom is -0.322 e. The number of hydrogen-bond acceptors (Lipinski definition) is 2. The van der Waals surface area contributed by atoms with Crippen LogP contribution < -0.4 is 5.32 Å². The van der Waals surface area contributed by atoms with Crippen molar-refractivity contribution in [2.45, 2.75) is 92.1 Å². The molecule has 1 rings (SSSR count). The second-order valence-corrected chi connectivity index (χ2v) is 13.1. The second kappa shape index (κ2) is 13.0. The molecule has 4 heteroatoms. The summed E-state index contributed by atoms with van der Waals surface area (Å²) in [4.78, 5) is 13.4. The minimum atomic E-state index is -1.35. The van der Waals surface area contributed by atoms with Crippen LogP contribution in [0.3, 0.4) is 0 Å². The zero-order chi connectivity index (χ0) is 21.9. The van der Waals surface area contributed by atoms with Crippen molar-refractivity contribution in [3.8, 4) is 6.07 Å². The molecule has 1 aromatic carbocycles. The van der Waals surface area contributed by atoms with E-state index < -0.39 is 7.26 Å². The number of nitrogens with zero attached hydrogens (tertiary/aromatic N) is 1. The molecule has 1 atom stereocenters. The van der Waals surface area contributed by atoms with Gasteiger partial charge in [0.25, 0.3) is 5.91 Å². The summed E-state index contributed by atoms with van der Waals surface area (Å²) in [6.07, 6.45) is 12.3. The van der Waals surface area contributed by atoms with Gasteiger partial charge in [0.15, 0.2) is 0 Å². The highest BCUT2D eigenvalue weighted by molar-refractivity contribution is 7.77. The highest BCUT2D eigenvalue weighted by Gasteiger charge is 2.45. The highest BCUT2D eigenvalue weighted by Crippen LogP contribution is 2.65. The van der Waals surface area contributed by atoms with E-state index in [1.807, 2.05) is 26.0 Å². The molecule has 0 aliphatic rings. The molecule has 3 nitrogen and oxygen atoms in total. The van der Waals surface area contributed by atoms with Crippen LogP contribution in [0.4, 0.5) is 5.69 Å². The fraction of sp³-hybridized carbons (Fsp3) is 0.680. The van der Waals surface area contributed by atoms with Crippen LogP contribution in [0, 0.1) is 25.2 Å². The molecule has 0 aromatic heterocycles. The molecule has 1 amide bonds. The van der Waals surface area contributed by atoms with Crippen LogP contribution in [0.15, 0.2) is 12.1 Å². The summed E-state index contributed by atoms with van der Waals surface area (Å²) in [5.41, 5.74) is 3.57. The molecule has 0 radical (unpaired) electrons. The number of carbonyl (C=O) groups excluding carboxylic acids is 1. The van der Waals surface area contributed by atoms with Crippen molar-refractivity contribution < 1.29 is 4.79 Å². The lowest BCUT2D eigenvalue weighted by molar-refractivity contribution is -0.115. The highest BCUT2D eigenvalue weighted by atomic mass is 31.2. The summed E-state index contributed by atoms with van der Waals surface area (Å²) >= 11 is 0. The van der Waals surface area contributed by atoms with E-state index in [0.717, 1.165) is 16.8 Å². The lowest BCUT2D eigenvalue weighted by atomic mass is 10.0. The summed E-state index contributed by atoms with van der Waals surface area (Å²) in [7, 11) is -1.35. The molecule has 0 fully saturated rings. The van der Waals surface area contributed by atoms with E-state index in [1.54, 1.807) is 0 Å². The monoisotopic (exact) mass is 417 g/mol. The third-order valence-corrected chi connectivity index (χ3v) is 11.7. The van der Waals surface area contributed by atoms with Crippen molar-refractivity contribution in [2.24, 2.45) is 0 Å². The van der Waals surface area contributed by atoms with E-state index in [0.29, 0.717) is 5.56 Å². The Morgan fingerprint density at radius 3 is 1.90 bits per heavy atom. The summed E-state index contributed by atoms with van der Waals surface area (Å²) in [5.74, 6) is 0.179. The van der Waals surface area contributed by atoms with Crippen LogP contribution in [0.2, 0.25) is 0 Å². The summed E-state index contributed by atoms with van der Waals surface area (Å²) in [6.45, 7) is 12.9. The quantitative estimate of drug-likeness (QED) is 0.270. The van der Waals surface area contributed by atoms with E-state index in [2.05, 4.69) is 39.1 Å². The zero-order valence-corrected chi connectivity index (χ0v) is 20.5. The molecule has 1 N–H and O–H groups in total. The Balaban J connectivity index is 3.13. The summed E-state index contributed by atoms with van der Waals surface area (Å²) in [6, 6.07) is 5.94. The fourth-order valence-corrected chi connectivity index (χ4v) is 9.38. The Labute approximate surface area is 180 Å². The molecule has 0 heterocycles. The van der Waals surface area contributed by atoms with Crippen molar-refractivity contribution in [3.63, 3.8) is 0 Å². The first kappa shape index (κ1) is 25.6. The van der Waals surface area contributed by atoms with Crippen LogP contribution in [-0.2, 0) is 4.79 Å². The van der Waals surface area contributed by atoms with Gasteiger partial charge >= 0.3 is 0 Å². The first-order valence-electron chi connectivity index (χ1n) is 11.5. The smallest absolute Gasteiger partial charge is 0.264 e. The number of nitriles is 1. The number of amides is 1. The lowest BCUT2D eigenvalue weighted by Crippen LogP contribution is -2.32. The predicted molar refractivity (Wildman–Crippen MR) is 130 cm³/mol. The van der Waals surface area contributed by atoms with Gasteiger partial charge < -0.3 is 5.32 Å². The van der Waals surface area contributed by atoms with Gasteiger partial charge in [0.1, 0.15) is 5.66 Å². The van der Waals surface area contributed by atoms with Gasteiger partial charge in [0.05, 0.1) is 30.1 Å². The van der Waals surface area contributed by atoms with Crippen molar-refractivity contribution in [1.29, 1.82) is 5.26 Å². The average Bonchev–Trinajstić information content (AvgIpc) is 2.71. The minimum absolute atomic E-state index is 0.0897. The van der Waals surface area contributed by atoms with Gasteiger partial charge in [0.2, 0.25) is 0 Å². The summed E-state index contributed by atoms with van der Waals surface area (Å²) < 4.78 is 0. The molecule has 0 saturated heterocycles. The maximum Gasteiger partial charge on any atom is 0.264 e. The number of aryl methyl sites for hydroxylation is 2. The molecular formula is C25H42N2OP+. The zero-order valence-electron chi connectivity index (χ0n) is 19.6. The molecule has 29 heavy (non-hydrogen) atoms. The van der Waals surface area contributed by atoms with Gasteiger partial charge in [0, 0.05) is 12.9 Å². The first-order chi connectivity index (χ1) is 13.8. The normalized spacial score (nSPS) is 12.4. The average molecular weight is 418 g/mol. The fourth-order valence-electron chi connectivity index (χ4n) is 4.24. The molecule has 0 bridgehead atoms. The number of hydrogen-bond donors (Lipinski definition) is 1. The number of benzene rings is 1. The lowest BCUT2D eigenvalue weighted by Gasteiger charge is -2.33. The van der Waals surface area contributed by atoms with Crippen LogP contribution in [0.5, 0.6) is 0 Å². The number of anilines is 1. The molecular weight excluding hydrogens is 375 g/mol. The van der Waals surface area contributed by atoms with Gasteiger partial charge in [-0.1, -0.05) is 46.5 Å².